The van der Waals surface area contributed by atoms with Crippen LogP contribution in [0.3, 0.4) is 0 Å². The molecule has 24 heavy (non-hydrogen) atoms. The molecule has 2 heterocycles. The summed E-state index contributed by atoms with van der Waals surface area (Å²) in [5.74, 6) is -0.0127. The normalized spacial score (nSPS) is 11.5. The molecule has 0 bridgehead atoms. The van der Waals surface area contributed by atoms with E-state index in [1.165, 1.54) is 24.4 Å². The smallest absolute Gasteiger partial charge is 0.215 e. The molecule has 0 spiro atoms. The molecule has 0 aliphatic rings. The zero-order chi connectivity index (χ0) is 16.9. The fourth-order valence-corrected chi connectivity index (χ4v) is 2.94. The predicted molar refractivity (Wildman–Crippen MR) is 87.1 cm³/mol. The second-order valence-corrected chi connectivity index (χ2v) is 5.61. The van der Waals surface area contributed by atoms with Crippen LogP contribution in [0.2, 0.25) is 0 Å². The fourth-order valence-electron chi connectivity index (χ4n) is 1.96. The van der Waals surface area contributed by atoms with E-state index in [4.69, 9.17) is 9.15 Å². The van der Waals surface area contributed by atoms with Crippen LogP contribution in [0.5, 0.6) is 5.75 Å². The van der Waals surface area contributed by atoms with Crippen LogP contribution in [0.15, 0.2) is 63.4 Å². The highest BCUT2D eigenvalue weighted by atomic mass is 32.2. The molecule has 0 saturated carbocycles. The van der Waals surface area contributed by atoms with Crippen molar-refractivity contribution >= 4 is 23.3 Å². The van der Waals surface area contributed by atoms with E-state index in [2.05, 4.69) is 15.2 Å². The molecule has 0 fully saturated rings. The van der Waals surface area contributed by atoms with Gasteiger partial charge in [-0.15, -0.1) is 0 Å². The summed E-state index contributed by atoms with van der Waals surface area (Å²) >= 11 is 1.26. The van der Waals surface area contributed by atoms with Crippen molar-refractivity contribution in [1.29, 1.82) is 0 Å². The van der Waals surface area contributed by atoms with E-state index in [1.54, 1.807) is 13.2 Å². The molecule has 3 rings (SSSR count). The first kappa shape index (κ1) is 15.9. The van der Waals surface area contributed by atoms with Crippen molar-refractivity contribution in [2.45, 2.75) is 9.99 Å². The molecule has 8 heteroatoms. The van der Waals surface area contributed by atoms with Crippen LogP contribution in [0.25, 0.3) is 5.76 Å². The Labute approximate surface area is 141 Å². The molecule has 0 amide bonds. The number of ether oxygens (including phenoxy) is 1. The number of methoxy groups -OCH3 is 1. The van der Waals surface area contributed by atoms with Crippen LogP contribution in [0.1, 0.15) is 16.2 Å². The third-order valence-electron chi connectivity index (χ3n) is 3.08. The zero-order valence-corrected chi connectivity index (χ0v) is 13.4. The van der Waals surface area contributed by atoms with Gasteiger partial charge in [0.15, 0.2) is 16.6 Å². The average molecular weight is 343 g/mol. The zero-order valence-electron chi connectivity index (χ0n) is 12.6. The number of hydrogen-bond acceptors (Lipinski definition) is 7. The Kier molecular flexibility index (Phi) is 4.66. The SMILES string of the molecule is COc1ccccc1Sc1occc1C(=O)C=C(O)c1nc[nH]n1. The summed E-state index contributed by atoms with van der Waals surface area (Å²) in [6.07, 6.45) is 3.79. The third kappa shape index (κ3) is 3.33. The minimum atomic E-state index is -0.413. The van der Waals surface area contributed by atoms with Crippen molar-refractivity contribution < 1.29 is 19.1 Å². The lowest BCUT2D eigenvalue weighted by Gasteiger charge is -2.06. The van der Waals surface area contributed by atoms with Gasteiger partial charge in [0.25, 0.3) is 0 Å². The van der Waals surface area contributed by atoms with Crippen LogP contribution in [0.4, 0.5) is 0 Å². The van der Waals surface area contributed by atoms with Crippen molar-refractivity contribution in [1.82, 2.24) is 15.2 Å². The van der Waals surface area contributed by atoms with E-state index in [0.717, 1.165) is 11.0 Å². The Morgan fingerprint density at radius 1 is 1.38 bits per heavy atom. The first-order valence-electron chi connectivity index (χ1n) is 6.88. The maximum absolute atomic E-state index is 12.4. The highest BCUT2D eigenvalue weighted by molar-refractivity contribution is 7.99. The number of rotatable bonds is 6. The minimum Gasteiger partial charge on any atom is -0.504 e. The Morgan fingerprint density at radius 3 is 2.96 bits per heavy atom. The van der Waals surface area contributed by atoms with Crippen molar-refractivity contribution in [3.8, 4) is 5.75 Å². The number of aliphatic hydroxyl groups is 1. The van der Waals surface area contributed by atoms with Gasteiger partial charge in [0.2, 0.25) is 5.82 Å². The van der Waals surface area contributed by atoms with E-state index in [9.17, 15) is 9.90 Å². The molecule has 1 aromatic carbocycles. The van der Waals surface area contributed by atoms with Gasteiger partial charge in [-0.25, -0.2) is 4.98 Å². The van der Waals surface area contributed by atoms with Crippen LogP contribution < -0.4 is 4.74 Å². The Hall–Kier alpha value is -3.00. The molecule has 0 aliphatic heterocycles. The van der Waals surface area contributed by atoms with Crippen LogP contribution >= 0.6 is 11.8 Å². The maximum atomic E-state index is 12.4. The molecule has 2 aromatic heterocycles. The number of allylic oxidation sites excluding steroid dienone is 1. The number of para-hydroxylation sites is 1. The Morgan fingerprint density at radius 2 is 2.21 bits per heavy atom. The van der Waals surface area contributed by atoms with Crippen molar-refractivity contribution in [3.63, 3.8) is 0 Å². The van der Waals surface area contributed by atoms with Gasteiger partial charge >= 0.3 is 0 Å². The number of aromatic nitrogens is 3. The monoisotopic (exact) mass is 343 g/mol. The molecule has 3 aromatic rings. The highest BCUT2D eigenvalue weighted by Gasteiger charge is 2.17. The lowest BCUT2D eigenvalue weighted by atomic mass is 10.2. The fraction of sp³-hybridized carbons (Fsp3) is 0.0625. The number of aromatic amines is 1. The summed E-state index contributed by atoms with van der Waals surface area (Å²) in [5.41, 5.74) is 0.327. The van der Waals surface area contributed by atoms with Gasteiger partial charge in [0.05, 0.1) is 23.8 Å². The second-order valence-electron chi connectivity index (χ2n) is 4.59. The summed E-state index contributed by atoms with van der Waals surface area (Å²) in [6, 6.07) is 8.95. The molecule has 7 nitrogen and oxygen atoms in total. The minimum absolute atomic E-state index is 0.0470. The van der Waals surface area contributed by atoms with Gasteiger partial charge in [0, 0.05) is 6.08 Å². The summed E-state index contributed by atoms with van der Waals surface area (Å²) in [6.45, 7) is 0. The summed E-state index contributed by atoms with van der Waals surface area (Å²) in [7, 11) is 1.57. The first-order chi connectivity index (χ1) is 11.7. The molecular weight excluding hydrogens is 330 g/mol. The Bertz CT molecular complexity index is 871. The predicted octanol–water partition coefficient (Wildman–Crippen LogP) is 3.34. The number of nitrogens with zero attached hydrogens (tertiary/aromatic N) is 2. The van der Waals surface area contributed by atoms with Gasteiger partial charge in [-0.3, -0.25) is 9.89 Å². The van der Waals surface area contributed by atoms with Gasteiger partial charge in [-0.05, 0) is 30.0 Å². The molecule has 0 radical (unpaired) electrons. The quantitative estimate of drug-likeness (QED) is 0.402. The second kappa shape index (κ2) is 7.05. The average Bonchev–Trinajstić information content (AvgIpc) is 3.27. The van der Waals surface area contributed by atoms with Crippen molar-refractivity contribution in [3.05, 3.63) is 60.4 Å². The van der Waals surface area contributed by atoms with Crippen LogP contribution in [-0.2, 0) is 0 Å². The number of nitrogens with one attached hydrogen (secondary N) is 1. The molecule has 0 unspecified atom stereocenters. The summed E-state index contributed by atoms with van der Waals surface area (Å²) in [5, 5.41) is 16.5. The van der Waals surface area contributed by atoms with E-state index < -0.39 is 5.78 Å². The number of furan rings is 1. The van der Waals surface area contributed by atoms with Gasteiger partial charge in [-0.1, -0.05) is 12.1 Å². The van der Waals surface area contributed by atoms with E-state index in [-0.39, 0.29) is 11.6 Å². The van der Waals surface area contributed by atoms with Crippen LogP contribution in [-0.4, -0.2) is 33.2 Å². The molecule has 122 valence electrons. The number of ketones is 1. The molecule has 0 aliphatic carbocycles. The lowest BCUT2D eigenvalue weighted by molar-refractivity contribution is 0.104. The number of carbonyl (C=O) groups excluding carboxylic acids is 1. The molecular formula is C16H13N3O4S. The largest absolute Gasteiger partial charge is 0.504 e. The molecule has 0 atom stereocenters. The standard InChI is InChI=1S/C16H13N3O4S/c1-22-13-4-2-3-5-14(13)24-16-10(6-7-23-16)11(20)8-12(21)15-17-9-18-19-15/h2-9,21H,1H3,(H,17,18,19). The van der Waals surface area contributed by atoms with Gasteiger partial charge in [-0.2, -0.15) is 5.10 Å². The van der Waals surface area contributed by atoms with Crippen molar-refractivity contribution in [2.75, 3.05) is 7.11 Å². The molecule has 0 saturated heterocycles. The number of hydrogen-bond donors (Lipinski definition) is 2. The number of H-pyrrole nitrogens is 1. The first-order valence-corrected chi connectivity index (χ1v) is 7.70. The maximum Gasteiger partial charge on any atom is 0.215 e. The molecule has 2 N–H and O–H groups in total. The van der Waals surface area contributed by atoms with Crippen molar-refractivity contribution in [2.24, 2.45) is 0 Å². The topological polar surface area (TPSA) is 101 Å². The lowest BCUT2D eigenvalue weighted by Crippen LogP contribution is -1.97. The van der Waals surface area contributed by atoms with Gasteiger partial charge < -0.3 is 14.3 Å². The Balaban J connectivity index is 1.85. The summed E-state index contributed by atoms with van der Waals surface area (Å²) < 4.78 is 10.7. The van der Waals surface area contributed by atoms with Gasteiger partial charge in [0.1, 0.15) is 12.1 Å². The van der Waals surface area contributed by atoms with Crippen LogP contribution in [0, 0.1) is 0 Å². The highest BCUT2D eigenvalue weighted by Crippen LogP contribution is 2.37. The number of aliphatic hydroxyl groups excluding tert-OH is 1. The third-order valence-corrected chi connectivity index (χ3v) is 4.14. The number of carbonyl (C=O) groups is 1. The number of benzene rings is 1. The van der Waals surface area contributed by atoms with E-state index in [1.807, 2.05) is 24.3 Å². The van der Waals surface area contributed by atoms with E-state index >= 15 is 0 Å². The van der Waals surface area contributed by atoms with E-state index in [0.29, 0.717) is 16.4 Å². The summed E-state index contributed by atoms with van der Waals surface area (Å²) in [4.78, 5) is 17.0.